The molecule has 1 saturated carbocycles. The molecule has 1 N–H and O–H groups in total. The van der Waals surface area contributed by atoms with Gasteiger partial charge in [0.15, 0.2) is 0 Å². The number of hydrogen-bond acceptors (Lipinski definition) is 4. The number of aromatic nitrogens is 2. The number of pyridine rings is 1. The summed E-state index contributed by atoms with van der Waals surface area (Å²) >= 11 is 1.61. The zero-order valence-electron chi connectivity index (χ0n) is 10.5. The zero-order chi connectivity index (χ0) is 13.1. The zero-order valence-corrected chi connectivity index (χ0v) is 11.3. The number of carbonyl (C=O) groups excluding carboxylic acids is 1. The Morgan fingerprint density at radius 1 is 1.37 bits per heavy atom. The van der Waals surface area contributed by atoms with Crippen LogP contribution in [0.5, 0.6) is 0 Å². The summed E-state index contributed by atoms with van der Waals surface area (Å²) in [5.41, 5.74) is 2.03. The number of hydrogen-bond donors (Lipinski definition) is 1. The van der Waals surface area contributed by atoms with Gasteiger partial charge in [0.25, 0.3) is 0 Å². The highest BCUT2D eigenvalue weighted by molar-refractivity contribution is 7.09. The second-order valence-corrected chi connectivity index (χ2v) is 5.65. The SMILES string of the molecule is O=C(CCc1nc(-c2ccncc2)cs1)NC1CC1. The molecule has 0 spiro atoms. The van der Waals surface area contributed by atoms with E-state index in [4.69, 9.17) is 0 Å². The standard InChI is InChI=1S/C14H15N3OS/c18-13(16-11-1-2-11)3-4-14-17-12(9-19-14)10-5-7-15-8-6-10/h5-9,11H,1-4H2,(H,16,18). The number of aryl methyl sites for hydroxylation is 1. The van der Waals surface area contributed by atoms with Crippen LogP contribution in [-0.2, 0) is 11.2 Å². The van der Waals surface area contributed by atoms with Crippen LogP contribution in [0.1, 0.15) is 24.3 Å². The Labute approximate surface area is 115 Å². The van der Waals surface area contributed by atoms with Gasteiger partial charge >= 0.3 is 0 Å². The minimum Gasteiger partial charge on any atom is -0.353 e. The Balaban J connectivity index is 1.57. The van der Waals surface area contributed by atoms with Gasteiger partial charge in [0.2, 0.25) is 5.91 Å². The Bertz CT molecular complexity index is 563. The highest BCUT2D eigenvalue weighted by Gasteiger charge is 2.22. The molecule has 1 fully saturated rings. The Hall–Kier alpha value is -1.75. The number of nitrogens with one attached hydrogen (secondary N) is 1. The van der Waals surface area contributed by atoms with Crippen LogP contribution < -0.4 is 5.32 Å². The first-order chi connectivity index (χ1) is 9.31. The first kappa shape index (κ1) is 12.3. The summed E-state index contributed by atoms with van der Waals surface area (Å²) in [4.78, 5) is 20.2. The molecule has 98 valence electrons. The maximum atomic E-state index is 11.6. The molecule has 19 heavy (non-hydrogen) atoms. The van der Waals surface area contributed by atoms with E-state index in [0.717, 1.165) is 29.1 Å². The van der Waals surface area contributed by atoms with Gasteiger partial charge in [0.1, 0.15) is 0 Å². The van der Waals surface area contributed by atoms with E-state index in [0.29, 0.717) is 18.9 Å². The van der Waals surface area contributed by atoms with Crippen molar-refractivity contribution in [3.63, 3.8) is 0 Å². The Morgan fingerprint density at radius 2 is 2.16 bits per heavy atom. The summed E-state index contributed by atoms with van der Waals surface area (Å²) in [5.74, 6) is 0.142. The largest absolute Gasteiger partial charge is 0.353 e. The molecule has 5 heteroatoms. The van der Waals surface area contributed by atoms with Crippen molar-refractivity contribution in [1.82, 2.24) is 15.3 Å². The molecule has 1 aliphatic rings. The van der Waals surface area contributed by atoms with Crippen LogP contribution in [0.3, 0.4) is 0 Å². The molecule has 2 heterocycles. The monoisotopic (exact) mass is 273 g/mol. The van der Waals surface area contributed by atoms with Crippen molar-refractivity contribution in [2.24, 2.45) is 0 Å². The van der Waals surface area contributed by atoms with Gasteiger partial charge in [-0.3, -0.25) is 9.78 Å². The molecule has 0 aliphatic heterocycles. The van der Waals surface area contributed by atoms with Crippen molar-refractivity contribution >= 4 is 17.2 Å². The van der Waals surface area contributed by atoms with Crippen molar-refractivity contribution in [2.45, 2.75) is 31.7 Å². The van der Waals surface area contributed by atoms with Crippen LogP contribution in [0.4, 0.5) is 0 Å². The fourth-order valence-electron chi connectivity index (χ4n) is 1.83. The molecule has 0 aromatic carbocycles. The molecule has 2 aromatic rings. The van der Waals surface area contributed by atoms with E-state index in [1.807, 2.05) is 17.5 Å². The first-order valence-electron chi connectivity index (χ1n) is 6.45. The van der Waals surface area contributed by atoms with E-state index in [-0.39, 0.29) is 5.91 Å². The van der Waals surface area contributed by atoms with Gasteiger partial charge < -0.3 is 5.32 Å². The molecule has 2 aromatic heterocycles. The number of nitrogens with zero attached hydrogens (tertiary/aromatic N) is 2. The lowest BCUT2D eigenvalue weighted by molar-refractivity contribution is -0.121. The maximum absolute atomic E-state index is 11.6. The van der Waals surface area contributed by atoms with Gasteiger partial charge in [-0.05, 0) is 25.0 Å². The molecule has 0 saturated heterocycles. The van der Waals surface area contributed by atoms with Crippen LogP contribution in [0.25, 0.3) is 11.3 Å². The van der Waals surface area contributed by atoms with Gasteiger partial charge in [-0.15, -0.1) is 11.3 Å². The number of amides is 1. The summed E-state index contributed by atoms with van der Waals surface area (Å²) in [6, 6.07) is 4.33. The van der Waals surface area contributed by atoms with Crippen molar-refractivity contribution in [2.75, 3.05) is 0 Å². The maximum Gasteiger partial charge on any atom is 0.220 e. The fraction of sp³-hybridized carbons (Fsp3) is 0.357. The summed E-state index contributed by atoms with van der Waals surface area (Å²) in [6.07, 6.45) is 7.04. The molecular weight excluding hydrogens is 258 g/mol. The van der Waals surface area contributed by atoms with Crippen LogP contribution in [-0.4, -0.2) is 21.9 Å². The number of rotatable bonds is 5. The predicted molar refractivity (Wildman–Crippen MR) is 74.8 cm³/mol. The number of thiazole rings is 1. The highest BCUT2D eigenvalue weighted by Crippen LogP contribution is 2.22. The average molecular weight is 273 g/mol. The predicted octanol–water partition coefficient (Wildman–Crippen LogP) is 2.42. The third-order valence-electron chi connectivity index (χ3n) is 3.04. The van der Waals surface area contributed by atoms with E-state index in [1.54, 1.807) is 23.7 Å². The van der Waals surface area contributed by atoms with E-state index in [9.17, 15) is 4.79 Å². The molecule has 1 amide bonds. The van der Waals surface area contributed by atoms with Crippen LogP contribution in [0.15, 0.2) is 29.9 Å². The minimum atomic E-state index is 0.142. The van der Waals surface area contributed by atoms with E-state index in [1.165, 1.54) is 0 Å². The van der Waals surface area contributed by atoms with Gasteiger partial charge in [-0.25, -0.2) is 4.98 Å². The quantitative estimate of drug-likeness (QED) is 0.910. The van der Waals surface area contributed by atoms with Crippen molar-refractivity contribution in [3.8, 4) is 11.3 Å². The third kappa shape index (κ3) is 3.38. The fourth-order valence-corrected chi connectivity index (χ4v) is 2.64. The third-order valence-corrected chi connectivity index (χ3v) is 3.94. The van der Waals surface area contributed by atoms with E-state index < -0.39 is 0 Å². The van der Waals surface area contributed by atoms with E-state index >= 15 is 0 Å². The second kappa shape index (κ2) is 5.48. The molecular formula is C14H15N3OS. The van der Waals surface area contributed by atoms with Crippen LogP contribution in [0, 0.1) is 0 Å². The lowest BCUT2D eigenvalue weighted by Crippen LogP contribution is -2.25. The van der Waals surface area contributed by atoms with Crippen molar-refractivity contribution in [1.29, 1.82) is 0 Å². The molecule has 1 aliphatic carbocycles. The summed E-state index contributed by atoms with van der Waals surface area (Å²) in [5, 5.41) is 6.04. The summed E-state index contributed by atoms with van der Waals surface area (Å²) < 4.78 is 0. The van der Waals surface area contributed by atoms with Crippen LogP contribution in [0.2, 0.25) is 0 Å². The lowest BCUT2D eigenvalue weighted by atomic mass is 10.2. The molecule has 0 radical (unpaired) electrons. The normalized spacial score (nSPS) is 14.3. The molecule has 3 rings (SSSR count). The van der Waals surface area contributed by atoms with Gasteiger partial charge in [0.05, 0.1) is 10.7 Å². The summed E-state index contributed by atoms with van der Waals surface area (Å²) in [6.45, 7) is 0. The average Bonchev–Trinajstić information content (AvgIpc) is 3.12. The van der Waals surface area contributed by atoms with E-state index in [2.05, 4.69) is 15.3 Å². The molecule has 4 nitrogen and oxygen atoms in total. The lowest BCUT2D eigenvalue weighted by Gasteiger charge is -2.00. The second-order valence-electron chi connectivity index (χ2n) is 4.70. The molecule has 0 unspecified atom stereocenters. The Morgan fingerprint density at radius 3 is 2.89 bits per heavy atom. The number of carbonyl (C=O) groups is 1. The smallest absolute Gasteiger partial charge is 0.220 e. The topological polar surface area (TPSA) is 54.9 Å². The van der Waals surface area contributed by atoms with Crippen LogP contribution >= 0.6 is 11.3 Å². The first-order valence-corrected chi connectivity index (χ1v) is 7.33. The van der Waals surface area contributed by atoms with Gasteiger partial charge in [0, 0.05) is 42.2 Å². The molecule has 0 bridgehead atoms. The van der Waals surface area contributed by atoms with Gasteiger partial charge in [-0.2, -0.15) is 0 Å². The highest BCUT2D eigenvalue weighted by atomic mass is 32.1. The van der Waals surface area contributed by atoms with Crippen molar-refractivity contribution < 1.29 is 4.79 Å². The minimum absolute atomic E-state index is 0.142. The molecule has 0 atom stereocenters. The van der Waals surface area contributed by atoms with Crippen molar-refractivity contribution in [3.05, 3.63) is 34.9 Å². The summed E-state index contributed by atoms with van der Waals surface area (Å²) in [7, 11) is 0. The Kier molecular flexibility index (Phi) is 3.55. The van der Waals surface area contributed by atoms with Gasteiger partial charge in [-0.1, -0.05) is 0 Å².